The Morgan fingerprint density at radius 2 is 0.538 bits per heavy atom. The van der Waals surface area contributed by atoms with Crippen LogP contribution >= 0.6 is 0 Å². The molecule has 0 aliphatic carbocycles. The van der Waals surface area contributed by atoms with Crippen LogP contribution in [0.5, 0.6) is 0 Å². The van der Waals surface area contributed by atoms with Gasteiger partial charge in [0.15, 0.2) is 6.29 Å². The highest BCUT2D eigenvalue weighted by atomic mass is 28.3. The fraction of sp³-hybridized carbons (Fsp3) is 0.294. The zero-order chi connectivity index (χ0) is 76.6. The summed E-state index contributed by atoms with van der Waals surface area (Å²) in [5.41, 5.74) is 11.6. The lowest BCUT2D eigenvalue weighted by Crippen LogP contribution is -2.23. The predicted molar refractivity (Wildman–Crippen MR) is 445 cm³/mol. The fourth-order valence-corrected chi connectivity index (χ4v) is 15.1. The molecule has 6 heterocycles. The van der Waals surface area contributed by atoms with Crippen molar-refractivity contribution in [2.75, 3.05) is 33.0 Å². The number of nitrogens with zero attached hydrogens (tertiary/aromatic N) is 2. The molecule has 0 amide bonds. The molecule has 4 aromatic heterocycles. The Labute approximate surface area is 628 Å². The normalized spacial score (nSPS) is 12.1. The highest BCUT2D eigenvalue weighted by molar-refractivity contribution is 6.77. The predicted octanol–water partition coefficient (Wildman–Crippen LogP) is 21.3. The van der Waals surface area contributed by atoms with Crippen molar-refractivity contribution >= 4 is 123 Å². The molecular formula is C85H101N5O11Si5. The van der Waals surface area contributed by atoms with Gasteiger partial charge in [0.05, 0.1) is 83.6 Å². The first-order valence-electron chi connectivity index (χ1n) is 36.3. The van der Waals surface area contributed by atoms with E-state index in [1.54, 1.807) is 48.5 Å². The SMILES string of the molecule is C[Si](C)(C)CCOC(=O)c1ccccc1-c1c2nc(c(-c3ccccc3C(=O)OCC[Si](C)(C)C)c3ccc([nH]3)c(-c3ccccc3C(=O)OCC[Si](C)(C)C)c3nc(c(-c4ccccc4C(=O)OCC[Si](C)(C)C)c4ccc1[nH]4)C=C3)C=C2.C[Si](C)(C)CCOC(=O)c1ccccc1C=O.c1cc[nH]c1. The molecule has 0 spiro atoms. The minimum absolute atomic E-state index is 0.292. The first-order valence-corrected chi connectivity index (χ1v) is 54.8. The van der Waals surface area contributed by atoms with Crippen LogP contribution in [0.15, 0.2) is 170 Å². The number of aldehydes is 1. The standard InChI is InChI=1S/C68H78N4O8Si4.C13H18O3Si.C4H5N/c1-81(2,3)41-37-77-65(73)49-25-17-13-21-45(49)61-53-29-31-55(69-53)62(46-22-14-18-26-50(46)66(74)78-38-42-82(4,5)6)57-33-35-59(71-57)64(48-24-16-20-28-52(48)68(76)80-40-44-84(10,11)12)60-36-34-58(72-60)63(56-32-30-54(61)70-56)47-23-15-19-27-51(47)67(75)79-39-43-83(7,8)9;1-17(2,3)9-8-16-13(15)12-7-5-4-6-11(12)10-14;1-2-4-5-3-1/h13-36,69,72H,37-44H2,1-12H3;4-7,10H,8-9H2,1-3H3;1-5H. The quantitative estimate of drug-likeness (QED) is 0.0210. The molecule has 0 saturated heterocycles. The largest absolute Gasteiger partial charge is 0.462 e. The van der Waals surface area contributed by atoms with Crippen molar-refractivity contribution in [3.8, 4) is 44.5 Å². The van der Waals surface area contributed by atoms with Gasteiger partial charge in [0.2, 0.25) is 0 Å². The van der Waals surface area contributed by atoms with E-state index in [4.69, 9.17) is 33.7 Å². The number of fused-ring (bicyclic) bond motifs is 8. The van der Waals surface area contributed by atoms with Gasteiger partial charge in [-0.1, -0.05) is 189 Å². The van der Waals surface area contributed by atoms with Gasteiger partial charge in [0, 0.05) is 125 Å². The van der Waals surface area contributed by atoms with Gasteiger partial charge < -0.3 is 38.6 Å². The first-order chi connectivity index (χ1) is 50.3. The molecule has 16 nitrogen and oxygen atoms in total. The zero-order valence-electron chi connectivity index (χ0n) is 64.0. The second kappa shape index (κ2) is 35.5. The summed E-state index contributed by atoms with van der Waals surface area (Å²) >= 11 is 0. The van der Waals surface area contributed by atoms with E-state index in [0.717, 1.165) is 30.2 Å². The van der Waals surface area contributed by atoms with E-state index in [0.29, 0.717) is 162 Å². The van der Waals surface area contributed by atoms with E-state index in [1.165, 1.54) is 0 Å². The van der Waals surface area contributed by atoms with Crippen molar-refractivity contribution < 1.29 is 52.5 Å². The Morgan fingerprint density at radius 3 is 0.764 bits per heavy atom. The van der Waals surface area contributed by atoms with Crippen LogP contribution in [0.4, 0.5) is 0 Å². The molecule has 11 rings (SSSR count). The maximum atomic E-state index is 14.4. The molecule has 3 N–H and O–H groups in total. The highest BCUT2D eigenvalue weighted by Crippen LogP contribution is 2.42. The van der Waals surface area contributed by atoms with Gasteiger partial charge in [-0.2, -0.15) is 0 Å². The van der Waals surface area contributed by atoms with Crippen LogP contribution in [0, 0.1) is 0 Å². The van der Waals surface area contributed by atoms with Crippen LogP contribution in [0.1, 0.15) is 84.9 Å². The lowest BCUT2D eigenvalue weighted by molar-refractivity contribution is 0.0514. The molecule has 0 atom stereocenters. The molecule has 0 radical (unpaired) electrons. The van der Waals surface area contributed by atoms with Crippen molar-refractivity contribution in [3.05, 3.63) is 226 Å². The monoisotopic (exact) mass is 1510 g/mol. The number of nitrogens with one attached hydrogen (secondary N) is 3. The van der Waals surface area contributed by atoms with E-state index in [1.807, 2.05) is 146 Å². The number of aromatic nitrogens is 5. The Bertz CT molecular complexity index is 4380. The minimum atomic E-state index is -1.56. The molecule has 8 bridgehead atoms. The molecule has 9 aromatic rings. The average Bonchev–Trinajstić information content (AvgIpc) is 1.59. The lowest BCUT2D eigenvalue weighted by Gasteiger charge is -2.16. The molecule has 552 valence electrons. The third kappa shape index (κ3) is 22.3. The number of esters is 5. The molecule has 21 heteroatoms. The molecule has 5 aromatic carbocycles. The molecule has 106 heavy (non-hydrogen) atoms. The summed E-state index contributed by atoms with van der Waals surface area (Å²) in [6.07, 6.45) is 12.1. The van der Waals surface area contributed by atoms with Crippen LogP contribution in [-0.4, -0.2) is 134 Å². The number of rotatable bonds is 25. The molecule has 2 aliphatic heterocycles. The van der Waals surface area contributed by atoms with Gasteiger partial charge in [-0.25, -0.2) is 33.9 Å². The third-order valence-corrected chi connectivity index (χ3v) is 26.2. The number of hydrogen-bond acceptors (Lipinski definition) is 13. The van der Waals surface area contributed by atoms with Gasteiger partial charge in [0.1, 0.15) is 0 Å². The van der Waals surface area contributed by atoms with E-state index < -0.39 is 70.2 Å². The molecule has 0 saturated carbocycles. The number of ether oxygens (including phenoxy) is 5. The van der Waals surface area contributed by atoms with Crippen LogP contribution in [0.2, 0.25) is 128 Å². The second-order valence-corrected chi connectivity index (χ2v) is 60.6. The van der Waals surface area contributed by atoms with Crippen molar-refractivity contribution in [2.24, 2.45) is 0 Å². The van der Waals surface area contributed by atoms with Crippen LogP contribution < -0.4 is 0 Å². The van der Waals surface area contributed by atoms with Gasteiger partial charge in [-0.3, -0.25) is 4.79 Å². The second-order valence-electron chi connectivity index (χ2n) is 32.5. The summed E-state index contributed by atoms with van der Waals surface area (Å²) in [6, 6.07) is 52.2. The lowest BCUT2D eigenvalue weighted by atomic mass is 9.98. The zero-order valence-corrected chi connectivity index (χ0v) is 69.0. The van der Waals surface area contributed by atoms with Crippen LogP contribution in [0.25, 0.3) is 90.9 Å². The summed E-state index contributed by atoms with van der Waals surface area (Å²) in [5, 5.41) is 0. The van der Waals surface area contributed by atoms with Gasteiger partial charge in [-0.05, 0) is 121 Å². The topological polar surface area (TPSA) is 222 Å². The van der Waals surface area contributed by atoms with Crippen LogP contribution in [-0.2, 0) is 23.7 Å². The fourth-order valence-electron chi connectivity index (χ4n) is 11.6. The van der Waals surface area contributed by atoms with Gasteiger partial charge >= 0.3 is 29.8 Å². The summed E-state index contributed by atoms with van der Waals surface area (Å²) < 4.78 is 29.4. The summed E-state index contributed by atoms with van der Waals surface area (Å²) in [5.74, 6) is -2.22. The van der Waals surface area contributed by atoms with Crippen molar-refractivity contribution in [2.45, 2.75) is 128 Å². The molecule has 2 aliphatic rings. The Balaban J connectivity index is 0.000000504. The minimum Gasteiger partial charge on any atom is -0.462 e. The summed E-state index contributed by atoms with van der Waals surface area (Å²) in [7, 11) is -7.42. The third-order valence-electron chi connectivity index (χ3n) is 17.6. The van der Waals surface area contributed by atoms with Crippen LogP contribution in [0.3, 0.4) is 0 Å². The Kier molecular flexibility index (Phi) is 26.8. The number of H-pyrrole nitrogens is 3. The molecule has 0 fully saturated rings. The summed E-state index contributed by atoms with van der Waals surface area (Å²) in [4.78, 5) is 102. The Morgan fingerprint density at radius 1 is 0.311 bits per heavy atom. The number of benzene rings is 5. The maximum Gasteiger partial charge on any atom is 0.338 e. The number of carbonyl (C=O) groups excluding carboxylic acids is 6. The van der Waals surface area contributed by atoms with E-state index >= 15 is 0 Å². The molecule has 0 unspecified atom stereocenters. The van der Waals surface area contributed by atoms with Crippen molar-refractivity contribution in [3.63, 3.8) is 0 Å². The van der Waals surface area contributed by atoms with E-state index in [9.17, 15) is 28.8 Å². The molecular weight excluding hydrogens is 1410 g/mol. The van der Waals surface area contributed by atoms with Gasteiger partial charge in [0.25, 0.3) is 0 Å². The number of hydrogen-bond donors (Lipinski definition) is 3. The number of carbonyl (C=O) groups is 6. The van der Waals surface area contributed by atoms with E-state index in [-0.39, 0.29) is 0 Å². The first kappa shape index (κ1) is 80.2. The highest BCUT2D eigenvalue weighted by Gasteiger charge is 2.29. The van der Waals surface area contributed by atoms with Gasteiger partial charge in [-0.15, -0.1) is 0 Å². The van der Waals surface area contributed by atoms with E-state index in [2.05, 4.69) is 113 Å². The average molecular weight is 1510 g/mol. The Hall–Kier alpha value is -9.92. The van der Waals surface area contributed by atoms with Crippen molar-refractivity contribution in [1.29, 1.82) is 0 Å². The van der Waals surface area contributed by atoms with Crippen molar-refractivity contribution in [1.82, 2.24) is 24.9 Å². The smallest absolute Gasteiger partial charge is 0.338 e. The number of aromatic amines is 3. The summed E-state index contributed by atoms with van der Waals surface area (Å²) in [6.45, 7) is 35.3. The maximum absolute atomic E-state index is 14.4.